The van der Waals surface area contributed by atoms with Crippen molar-refractivity contribution in [2.45, 2.75) is 16.6 Å². The summed E-state index contributed by atoms with van der Waals surface area (Å²) in [6.45, 7) is 0. The van der Waals surface area contributed by atoms with Gasteiger partial charge in [-0.05, 0) is 40.1 Å². The molecule has 0 N–H and O–H groups in total. The highest BCUT2D eigenvalue weighted by Crippen LogP contribution is 2.45. The van der Waals surface area contributed by atoms with E-state index in [1.807, 2.05) is 11.8 Å². The molecule has 1 nitrogen and oxygen atoms in total. The second kappa shape index (κ2) is 7.05. The molecule has 0 spiro atoms. The van der Waals surface area contributed by atoms with E-state index in [-0.39, 0.29) is 0 Å². The maximum Gasteiger partial charge on any atom is 0.0769 e. The lowest BCUT2D eigenvalue weighted by Gasteiger charge is -2.16. The molecule has 4 aromatic carbocycles. The van der Waals surface area contributed by atoms with Crippen LogP contribution in [0, 0.1) is 0 Å². The van der Waals surface area contributed by atoms with Crippen molar-refractivity contribution in [3.05, 3.63) is 108 Å². The molecule has 1 atom stereocenters. The van der Waals surface area contributed by atoms with Gasteiger partial charge in [-0.3, -0.25) is 4.99 Å². The zero-order valence-corrected chi connectivity index (χ0v) is 15.7. The quantitative estimate of drug-likeness (QED) is 0.366. The van der Waals surface area contributed by atoms with Gasteiger partial charge in [-0.1, -0.05) is 78.9 Å². The number of benzene rings is 4. The van der Waals surface area contributed by atoms with Gasteiger partial charge in [-0.15, -0.1) is 11.8 Å². The van der Waals surface area contributed by atoms with E-state index in [9.17, 15) is 0 Å². The monoisotopic (exact) mass is 365 g/mol. The third-order valence-electron chi connectivity index (χ3n) is 5.02. The van der Waals surface area contributed by atoms with Gasteiger partial charge in [-0.25, -0.2) is 0 Å². The summed E-state index contributed by atoms with van der Waals surface area (Å²) in [5.74, 6) is 0. The molecule has 0 aromatic heterocycles. The van der Waals surface area contributed by atoms with Crippen LogP contribution >= 0.6 is 11.8 Å². The topological polar surface area (TPSA) is 12.4 Å². The average molecular weight is 366 g/mol. The Morgan fingerprint density at radius 1 is 0.704 bits per heavy atom. The molecule has 1 aliphatic heterocycles. The standard InChI is InChI=1S/C25H19NS/c1-2-9-19(10-3-1)25-17-23(26-22-12-6-7-13-24(22)27-25)21-15-14-18-8-4-5-11-20(18)16-21/h1-16,25H,17H2/t25-/m0/s1. The summed E-state index contributed by atoms with van der Waals surface area (Å²) in [7, 11) is 0. The van der Waals surface area contributed by atoms with E-state index in [1.54, 1.807) is 0 Å². The highest BCUT2D eigenvalue weighted by atomic mass is 32.2. The first kappa shape index (κ1) is 16.3. The van der Waals surface area contributed by atoms with E-state index in [1.165, 1.54) is 26.8 Å². The average Bonchev–Trinajstić information content (AvgIpc) is 2.94. The summed E-state index contributed by atoms with van der Waals surface area (Å²) < 4.78 is 0. The highest BCUT2D eigenvalue weighted by molar-refractivity contribution is 7.99. The van der Waals surface area contributed by atoms with Crippen molar-refractivity contribution in [2.75, 3.05) is 0 Å². The molecular weight excluding hydrogens is 346 g/mol. The molecule has 1 heterocycles. The molecular formula is C25H19NS. The molecule has 2 heteroatoms. The van der Waals surface area contributed by atoms with Gasteiger partial charge in [-0.2, -0.15) is 0 Å². The molecule has 4 aromatic rings. The minimum absolute atomic E-state index is 0.361. The summed E-state index contributed by atoms with van der Waals surface area (Å²) >= 11 is 1.92. The van der Waals surface area contributed by atoms with Crippen LogP contribution in [0.4, 0.5) is 5.69 Å². The summed E-state index contributed by atoms with van der Waals surface area (Å²) in [6, 6.07) is 34.5. The number of aliphatic imine (C=N–C) groups is 1. The molecule has 0 amide bonds. The molecule has 130 valence electrons. The Morgan fingerprint density at radius 3 is 2.33 bits per heavy atom. The van der Waals surface area contributed by atoms with E-state index in [2.05, 4.69) is 97.1 Å². The van der Waals surface area contributed by atoms with E-state index in [0.717, 1.165) is 17.8 Å². The Morgan fingerprint density at radius 2 is 1.44 bits per heavy atom. The van der Waals surface area contributed by atoms with Crippen molar-refractivity contribution in [3.63, 3.8) is 0 Å². The normalized spacial score (nSPS) is 16.4. The van der Waals surface area contributed by atoms with Crippen molar-refractivity contribution in [1.29, 1.82) is 0 Å². The molecule has 0 saturated carbocycles. The Balaban J connectivity index is 1.63. The van der Waals surface area contributed by atoms with Crippen molar-refractivity contribution >= 4 is 33.9 Å². The Labute approximate surface area is 163 Å². The highest BCUT2D eigenvalue weighted by Gasteiger charge is 2.22. The van der Waals surface area contributed by atoms with Crippen molar-refractivity contribution in [3.8, 4) is 0 Å². The third-order valence-corrected chi connectivity index (χ3v) is 6.35. The molecule has 5 rings (SSSR count). The molecule has 1 aliphatic rings. The molecule has 0 fully saturated rings. The number of para-hydroxylation sites is 1. The summed E-state index contributed by atoms with van der Waals surface area (Å²) in [5.41, 5.74) is 4.80. The van der Waals surface area contributed by atoms with Crippen LogP contribution in [0.1, 0.15) is 22.8 Å². The van der Waals surface area contributed by atoms with Crippen molar-refractivity contribution in [2.24, 2.45) is 4.99 Å². The fourth-order valence-electron chi connectivity index (χ4n) is 3.62. The largest absolute Gasteiger partial charge is 0.252 e. The van der Waals surface area contributed by atoms with Crippen LogP contribution in [0.15, 0.2) is 107 Å². The van der Waals surface area contributed by atoms with Crippen molar-refractivity contribution < 1.29 is 0 Å². The van der Waals surface area contributed by atoms with Gasteiger partial charge >= 0.3 is 0 Å². The predicted octanol–water partition coefficient (Wildman–Crippen LogP) is 7.20. The maximum absolute atomic E-state index is 5.09. The second-order valence-electron chi connectivity index (χ2n) is 6.81. The first-order chi connectivity index (χ1) is 13.4. The SMILES string of the molecule is c1ccc([C@@H]2CC(c3ccc4ccccc4c3)=Nc3ccccc3S2)cc1. The first-order valence-corrected chi connectivity index (χ1v) is 10.1. The number of rotatable bonds is 2. The number of nitrogens with zero attached hydrogens (tertiary/aromatic N) is 1. The fourth-order valence-corrected chi connectivity index (χ4v) is 4.85. The zero-order chi connectivity index (χ0) is 18.1. The van der Waals surface area contributed by atoms with Gasteiger partial charge < -0.3 is 0 Å². The molecule has 0 saturated heterocycles. The molecule has 0 radical (unpaired) electrons. The number of fused-ring (bicyclic) bond motifs is 2. The van der Waals surface area contributed by atoms with Crippen LogP contribution in [-0.4, -0.2) is 5.71 Å². The van der Waals surface area contributed by atoms with E-state index >= 15 is 0 Å². The predicted molar refractivity (Wildman–Crippen MR) is 116 cm³/mol. The maximum atomic E-state index is 5.09. The van der Waals surface area contributed by atoms with Gasteiger partial charge in [0.2, 0.25) is 0 Å². The fraction of sp³-hybridized carbons (Fsp3) is 0.0800. The summed E-state index contributed by atoms with van der Waals surface area (Å²) in [4.78, 5) is 6.34. The van der Waals surface area contributed by atoms with Gasteiger partial charge in [0, 0.05) is 22.3 Å². The molecule has 27 heavy (non-hydrogen) atoms. The molecule has 0 unspecified atom stereocenters. The lowest BCUT2D eigenvalue weighted by molar-refractivity contribution is 1.01. The van der Waals surface area contributed by atoms with Crippen LogP contribution in [-0.2, 0) is 0 Å². The van der Waals surface area contributed by atoms with Crippen LogP contribution in [0.5, 0.6) is 0 Å². The lowest BCUT2D eigenvalue weighted by Crippen LogP contribution is -2.05. The van der Waals surface area contributed by atoms with Crippen molar-refractivity contribution in [1.82, 2.24) is 0 Å². The second-order valence-corrected chi connectivity index (χ2v) is 8.05. The number of thioether (sulfide) groups is 1. The van der Waals surface area contributed by atoms with Gasteiger partial charge in [0.15, 0.2) is 0 Å². The summed E-state index contributed by atoms with van der Waals surface area (Å²) in [6.07, 6.45) is 0.918. The van der Waals surface area contributed by atoms with Crippen LogP contribution in [0.2, 0.25) is 0 Å². The van der Waals surface area contributed by atoms with E-state index in [0.29, 0.717) is 5.25 Å². The van der Waals surface area contributed by atoms with E-state index < -0.39 is 0 Å². The molecule has 0 aliphatic carbocycles. The lowest BCUT2D eigenvalue weighted by atomic mass is 9.98. The third kappa shape index (κ3) is 3.29. The summed E-state index contributed by atoms with van der Waals surface area (Å²) in [5, 5.41) is 2.89. The van der Waals surface area contributed by atoms with Crippen LogP contribution in [0.3, 0.4) is 0 Å². The minimum atomic E-state index is 0.361. The smallest absolute Gasteiger partial charge is 0.0769 e. The zero-order valence-electron chi connectivity index (χ0n) is 14.9. The Hall–Kier alpha value is -2.84. The Kier molecular flexibility index (Phi) is 4.27. The van der Waals surface area contributed by atoms with Gasteiger partial charge in [0.1, 0.15) is 0 Å². The van der Waals surface area contributed by atoms with Gasteiger partial charge in [0.05, 0.1) is 5.69 Å². The first-order valence-electron chi connectivity index (χ1n) is 9.24. The van der Waals surface area contributed by atoms with Crippen LogP contribution in [0.25, 0.3) is 10.8 Å². The number of hydrogen-bond acceptors (Lipinski definition) is 2. The minimum Gasteiger partial charge on any atom is -0.252 e. The number of hydrogen-bond donors (Lipinski definition) is 0. The molecule has 0 bridgehead atoms. The van der Waals surface area contributed by atoms with Gasteiger partial charge in [0.25, 0.3) is 0 Å². The van der Waals surface area contributed by atoms with E-state index in [4.69, 9.17) is 4.99 Å². The van der Waals surface area contributed by atoms with Crippen LogP contribution < -0.4 is 0 Å². The Bertz CT molecular complexity index is 1130.